The van der Waals surface area contributed by atoms with Gasteiger partial charge >= 0.3 is 0 Å². The van der Waals surface area contributed by atoms with E-state index in [-0.39, 0.29) is 0 Å². The predicted molar refractivity (Wildman–Crippen MR) is 62.4 cm³/mol. The molecule has 2 heteroatoms. The fourth-order valence-electron chi connectivity index (χ4n) is 1.46. The van der Waals surface area contributed by atoms with E-state index in [1.54, 1.807) is 0 Å². The van der Waals surface area contributed by atoms with Crippen LogP contribution in [0.1, 0.15) is 40.5 Å². The highest BCUT2D eigenvalue weighted by Gasteiger charge is 2.31. The Bertz CT molecular complexity index is 147. The average Bonchev–Trinajstić information content (AvgIpc) is 2.78. The van der Waals surface area contributed by atoms with E-state index < -0.39 is 0 Å². The molecule has 0 aromatic rings. The highest BCUT2D eigenvalue weighted by atomic mass is 32.2. The van der Waals surface area contributed by atoms with Gasteiger partial charge in [-0.3, -0.25) is 0 Å². The lowest BCUT2D eigenvalue weighted by molar-refractivity contribution is 0.518. The summed E-state index contributed by atoms with van der Waals surface area (Å²) in [5, 5.41) is 3.60. The molecule has 1 unspecified atom stereocenters. The number of thioether (sulfide) groups is 1. The summed E-state index contributed by atoms with van der Waals surface area (Å²) < 4.78 is 0.419. The first kappa shape index (κ1) is 11.4. The highest BCUT2D eigenvalue weighted by Crippen LogP contribution is 2.36. The normalized spacial score (nSPS) is 20.3. The van der Waals surface area contributed by atoms with Crippen LogP contribution in [0.25, 0.3) is 0 Å². The van der Waals surface area contributed by atoms with Crippen molar-refractivity contribution >= 4 is 11.8 Å². The zero-order valence-electron chi connectivity index (χ0n) is 9.39. The van der Waals surface area contributed by atoms with Gasteiger partial charge in [-0.1, -0.05) is 27.7 Å². The van der Waals surface area contributed by atoms with E-state index in [1.807, 2.05) is 0 Å². The lowest BCUT2D eigenvalue weighted by Gasteiger charge is -2.23. The Labute approximate surface area is 87.1 Å². The van der Waals surface area contributed by atoms with Crippen molar-refractivity contribution in [3.63, 3.8) is 0 Å². The molecule has 78 valence electrons. The van der Waals surface area contributed by atoms with E-state index in [9.17, 15) is 0 Å². The molecule has 0 spiro atoms. The molecular weight excluding hydrogens is 178 g/mol. The molecule has 1 saturated carbocycles. The van der Waals surface area contributed by atoms with Crippen molar-refractivity contribution < 1.29 is 0 Å². The Morgan fingerprint density at radius 3 is 2.38 bits per heavy atom. The minimum atomic E-state index is 0.419. The molecule has 0 aromatic heterocycles. The predicted octanol–water partition coefficient (Wildman–Crippen LogP) is 2.91. The number of rotatable bonds is 5. The van der Waals surface area contributed by atoms with Crippen molar-refractivity contribution in [3.05, 3.63) is 0 Å². The van der Waals surface area contributed by atoms with Crippen molar-refractivity contribution in [1.29, 1.82) is 0 Å². The van der Waals surface area contributed by atoms with Gasteiger partial charge in [0, 0.05) is 16.5 Å². The topological polar surface area (TPSA) is 12.0 Å². The summed E-state index contributed by atoms with van der Waals surface area (Å²) in [5.74, 6) is 2.26. The van der Waals surface area contributed by atoms with Gasteiger partial charge in [0.05, 0.1) is 0 Å². The Hall–Kier alpha value is 0.310. The second-order valence-corrected chi connectivity index (χ2v) is 6.77. The van der Waals surface area contributed by atoms with Gasteiger partial charge in [0.25, 0.3) is 0 Å². The fraction of sp³-hybridized carbons (Fsp3) is 1.00. The van der Waals surface area contributed by atoms with Crippen molar-refractivity contribution in [3.8, 4) is 0 Å². The van der Waals surface area contributed by atoms with Crippen LogP contribution < -0.4 is 5.32 Å². The van der Waals surface area contributed by atoms with Crippen LogP contribution in [0.2, 0.25) is 0 Å². The second-order valence-electron chi connectivity index (χ2n) is 4.92. The number of hydrogen-bond donors (Lipinski definition) is 1. The molecule has 0 saturated heterocycles. The second kappa shape index (κ2) is 4.70. The summed E-state index contributed by atoms with van der Waals surface area (Å²) in [6, 6.07) is 0.772. The largest absolute Gasteiger partial charge is 0.313 e. The molecule has 0 amide bonds. The van der Waals surface area contributed by atoms with E-state index in [2.05, 4.69) is 44.8 Å². The van der Waals surface area contributed by atoms with E-state index in [4.69, 9.17) is 0 Å². The molecule has 1 atom stereocenters. The SMILES string of the molecule is CCNC(CSC(C)(C)C)C1CC1. The maximum absolute atomic E-state index is 3.60. The summed E-state index contributed by atoms with van der Waals surface area (Å²) in [4.78, 5) is 0. The minimum absolute atomic E-state index is 0.419. The monoisotopic (exact) mass is 201 g/mol. The smallest absolute Gasteiger partial charge is 0.0186 e. The van der Waals surface area contributed by atoms with Crippen LogP contribution in [0.4, 0.5) is 0 Å². The molecule has 0 radical (unpaired) electrons. The van der Waals surface area contributed by atoms with E-state index in [0.29, 0.717) is 4.75 Å². The fourth-order valence-corrected chi connectivity index (χ4v) is 2.53. The van der Waals surface area contributed by atoms with E-state index in [0.717, 1.165) is 18.5 Å². The van der Waals surface area contributed by atoms with Gasteiger partial charge in [-0.15, -0.1) is 0 Å². The van der Waals surface area contributed by atoms with E-state index >= 15 is 0 Å². The Morgan fingerprint density at radius 1 is 1.38 bits per heavy atom. The third-order valence-electron chi connectivity index (χ3n) is 2.35. The van der Waals surface area contributed by atoms with Crippen LogP contribution in [0.5, 0.6) is 0 Å². The van der Waals surface area contributed by atoms with Gasteiger partial charge in [0.2, 0.25) is 0 Å². The Morgan fingerprint density at radius 2 is 2.00 bits per heavy atom. The van der Waals surface area contributed by atoms with Gasteiger partial charge in [0.1, 0.15) is 0 Å². The summed E-state index contributed by atoms with van der Waals surface area (Å²) in [6.07, 6.45) is 2.89. The van der Waals surface area contributed by atoms with Crippen molar-refractivity contribution in [2.75, 3.05) is 12.3 Å². The summed E-state index contributed by atoms with van der Waals surface area (Å²) >= 11 is 2.09. The molecule has 1 rings (SSSR count). The maximum Gasteiger partial charge on any atom is 0.0186 e. The third kappa shape index (κ3) is 4.92. The molecule has 1 fully saturated rings. The maximum atomic E-state index is 3.60. The average molecular weight is 201 g/mol. The number of hydrogen-bond acceptors (Lipinski definition) is 2. The van der Waals surface area contributed by atoms with Crippen LogP contribution in [-0.4, -0.2) is 23.1 Å². The summed E-state index contributed by atoms with van der Waals surface area (Å²) in [5.41, 5.74) is 0. The molecule has 13 heavy (non-hydrogen) atoms. The van der Waals surface area contributed by atoms with Gasteiger partial charge < -0.3 is 5.32 Å². The first-order chi connectivity index (χ1) is 6.03. The highest BCUT2D eigenvalue weighted by molar-refractivity contribution is 8.00. The van der Waals surface area contributed by atoms with Crippen molar-refractivity contribution in [1.82, 2.24) is 5.32 Å². The molecule has 1 aliphatic carbocycles. The Kier molecular flexibility index (Phi) is 4.11. The van der Waals surface area contributed by atoms with E-state index in [1.165, 1.54) is 18.6 Å². The molecule has 0 aromatic carbocycles. The van der Waals surface area contributed by atoms with Gasteiger partial charge in [-0.25, -0.2) is 0 Å². The summed E-state index contributed by atoms with van der Waals surface area (Å²) in [7, 11) is 0. The molecule has 1 nitrogen and oxygen atoms in total. The van der Waals surface area contributed by atoms with Crippen molar-refractivity contribution in [2.24, 2.45) is 5.92 Å². The first-order valence-electron chi connectivity index (χ1n) is 5.40. The van der Waals surface area contributed by atoms with Crippen LogP contribution in [0.15, 0.2) is 0 Å². The molecule has 0 heterocycles. The zero-order chi connectivity index (χ0) is 9.90. The van der Waals surface area contributed by atoms with Crippen LogP contribution in [-0.2, 0) is 0 Å². The lowest BCUT2D eigenvalue weighted by atomic mass is 10.2. The Balaban J connectivity index is 2.22. The molecule has 0 bridgehead atoms. The quantitative estimate of drug-likeness (QED) is 0.734. The molecular formula is C11H23NS. The summed E-state index contributed by atoms with van der Waals surface area (Å²) in [6.45, 7) is 10.2. The van der Waals surface area contributed by atoms with Crippen LogP contribution >= 0.6 is 11.8 Å². The van der Waals surface area contributed by atoms with Gasteiger partial charge in [-0.05, 0) is 25.3 Å². The van der Waals surface area contributed by atoms with Gasteiger partial charge in [0.15, 0.2) is 0 Å². The minimum Gasteiger partial charge on any atom is -0.313 e. The zero-order valence-corrected chi connectivity index (χ0v) is 10.2. The molecule has 0 aliphatic heterocycles. The lowest BCUT2D eigenvalue weighted by Crippen LogP contribution is -2.34. The van der Waals surface area contributed by atoms with Crippen LogP contribution in [0.3, 0.4) is 0 Å². The molecule has 1 aliphatic rings. The first-order valence-corrected chi connectivity index (χ1v) is 6.39. The van der Waals surface area contributed by atoms with Crippen LogP contribution in [0, 0.1) is 5.92 Å². The number of nitrogens with one attached hydrogen (secondary N) is 1. The standard InChI is InChI=1S/C11H23NS/c1-5-12-10(9-6-7-9)8-13-11(2,3)4/h9-10,12H,5-8H2,1-4H3. The van der Waals surface area contributed by atoms with Gasteiger partial charge in [-0.2, -0.15) is 11.8 Å². The molecule has 1 N–H and O–H groups in total. The van der Waals surface area contributed by atoms with Crippen molar-refractivity contribution in [2.45, 2.75) is 51.3 Å². The third-order valence-corrected chi connectivity index (χ3v) is 3.75.